The molecule has 0 bridgehead atoms. The summed E-state index contributed by atoms with van der Waals surface area (Å²) in [6.45, 7) is 11.1. The molecule has 1 N–H and O–H groups in total. The summed E-state index contributed by atoms with van der Waals surface area (Å²) < 4.78 is 6.34. The highest BCUT2D eigenvalue weighted by molar-refractivity contribution is 5.29. The molecule has 118 valence electrons. The van der Waals surface area contributed by atoms with Gasteiger partial charge in [0.05, 0.1) is 0 Å². The van der Waals surface area contributed by atoms with Crippen LogP contribution < -0.4 is 10.1 Å². The van der Waals surface area contributed by atoms with Crippen LogP contribution in [0.15, 0.2) is 24.3 Å². The Morgan fingerprint density at radius 1 is 1.10 bits per heavy atom. The number of rotatable bonds is 8. The molecule has 1 aromatic rings. The van der Waals surface area contributed by atoms with Crippen molar-refractivity contribution in [1.82, 2.24) is 5.32 Å². The molecule has 21 heavy (non-hydrogen) atoms. The normalized spacial score (nSPS) is 17.0. The summed E-state index contributed by atoms with van der Waals surface area (Å²) in [5, 5.41) is 3.54. The zero-order valence-electron chi connectivity index (χ0n) is 14.1. The molecule has 2 rings (SSSR count). The largest absolute Gasteiger partial charge is 0.487 e. The van der Waals surface area contributed by atoms with E-state index in [1.807, 2.05) is 0 Å². The minimum absolute atomic E-state index is 0.0866. The first-order chi connectivity index (χ1) is 10.0. The lowest BCUT2D eigenvalue weighted by Gasteiger charge is -2.42. The Bertz CT molecular complexity index is 418. The van der Waals surface area contributed by atoms with Crippen molar-refractivity contribution < 1.29 is 4.74 Å². The van der Waals surface area contributed by atoms with Crippen LogP contribution in [0.4, 0.5) is 0 Å². The van der Waals surface area contributed by atoms with E-state index in [0.717, 1.165) is 25.3 Å². The highest BCUT2D eigenvalue weighted by Gasteiger charge is 2.38. The summed E-state index contributed by atoms with van der Waals surface area (Å²) in [4.78, 5) is 0. The SMILES string of the molecule is CC(C)CNCCC1(Oc2ccc(C(C)C)cc2)CCC1. The number of benzene rings is 1. The molecule has 1 aromatic carbocycles. The second kappa shape index (κ2) is 7.31. The summed E-state index contributed by atoms with van der Waals surface area (Å²) >= 11 is 0. The molecule has 2 nitrogen and oxygen atoms in total. The fourth-order valence-corrected chi connectivity index (χ4v) is 2.85. The minimum atomic E-state index is 0.0866. The van der Waals surface area contributed by atoms with Crippen LogP contribution in [0.1, 0.15) is 64.9 Å². The molecule has 0 aromatic heterocycles. The maximum Gasteiger partial charge on any atom is 0.120 e. The first-order valence-corrected chi connectivity index (χ1v) is 8.50. The van der Waals surface area contributed by atoms with Gasteiger partial charge < -0.3 is 10.1 Å². The van der Waals surface area contributed by atoms with Gasteiger partial charge in [0.25, 0.3) is 0 Å². The topological polar surface area (TPSA) is 21.3 Å². The van der Waals surface area contributed by atoms with Gasteiger partial charge in [0.15, 0.2) is 0 Å². The third-order valence-electron chi connectivity index (χ3n) is 4.46. The Hall–Kier alpha value is -1.02. The maximum atomic E-state index is 6.34. The van der Waals surface area contributed by atoms with E-state index in [9.17, 15) is 0 Å². The van der Waals surface area contributed by atoms with Crippen molar-refractivity contribution in [3.63, 3.8) is 0 Å². The lowest BCUT2D eigenvalue weighted by Crippen LogP contribution is -2.45. The Labute approximate surface area is 130 Å². The van der Waals surface area contributed by atoms with E-state index in [1.54, 1.807) is 0 Å². The number of hydrogen-bond donors (Lipinski definition) is 1. The molecular weight excluding hydrogens is 258 g/mol. The van der Waals surface area contributed by atoms with Crippen molar-refractivity contribution in [1.29, 1.82) is 0 Å². The van der Waals surface area contributed by atoms with Crippen molar-refractivity contribution in [2.45, 2.75) is 64.9 Å². The van der Waals surface area contributed by atoms with Crippen molar-refractivity contribution in [3.8, 4) is 5.75 Å². The molecule has 1 aliphatic carbocycles. The smallest absolute Gasteiger partial charge is 0.120 e. The Morgan fingerprint density at radius 2 is 1.76 bits per heavy atom. The Kier molecular flexibility index (Phi) is 5.69. The summed E-state index contributed by atoms with van der Waals surface area (Å²) in [7, 11) is 0. The van der Waals surface area contributed by atoms with Gasteiger partial charge in [-0.1, -0.05) is 39.8 Å². The predicted molar refractivity (Wildman–Crippen MR) is 90.1 cm³/mol. The van der Waals surface area contributed by atoms with Crippen LogP contribution >= 0.6 is 0 Å². The van der Waals surface area contributed by atoms with Crippen LogP contribution in [0, 0.1) is 5.92 Å². The van der Waals surface area contributed by atoms with Gasteiger partial charge in [-0.15, -0.1) is 0 Å². The highest BCUT2D eigenvalue weighted by atomic mass is 16.5. The molecule has 0 radical (unpaired) electrons. The van der Waals surface area contributed by atoms with Crippen molar-refractivity contribution >= 4 is 0 Å². The molecule has 0 aliphatic heterocycles. The molecule has 0 spiro atoms. The van der Waals surface area contributed by atoms with Crippen LogP contribution in [0.25, 0.3) is 0 Å². The van der Waals surface area contributed by atoms with Gasteiger partial charge in [-0.2, -0.15) is 0 Å². The molecule has 1 fully saturated rings. The van der Waals surface area contributed by atoms with Crippen LogP contribution in [0.5, 0.6) is 5.75 Å². The van der Waals surface area contributed by atoms with Gasteiger partial charge in [-0.05, 0) is 68.3 Å². The van der Waals surface area contributed by atoms with Crippen LogP contribution in [0.2, 0.25) is 0 Å². The molecule has 0 unspecified atom stereocenters. The van der Waals surface area contributed by atoms with E-state index in [1.165, 1.54) is 24.8 Å². The van der Waals surface area contributed by atoms with E-state index in [2.05, 4.69) is 57.3 Å². The van der Waals surface area contributed by atoms with Gasteiger partial charge in [0.2, 0.25) is 0 Å². The minimum Gasteiger partial charge on any atom is -0.487 e. The first kappa shape index (κ1) is 16.4. The van der Waals surface area contributed by atoms with Gasteiger partial charge in [-0.3, -0.25) is 0 Å². The second-order valence-corrected chi connectivity index (χ2v) is 7.21. The van der Waals surface area contributed by atoms with E-state index < -0.39 is 0 Å². The highest BCUT2D eigenvalue weighted by Crippen LogP contribution is 2.39. The molecule has 0 saturated heterocycles. The number of ether oxygens (including phenoxy) is 1. The fraction of sp³-hybridized carbons (Fsp3) is 0.684. The van der Waals surface area contributed by atoms with E-state index in [-0.39, 0.29) is 5.60 Å². The molecule has 1 saturated carbocycles. The Balaban J connectivity index is 1.86. The summed E-state index contributed by atoms with van der Waals surface area (Å²) in [6, 6.07) is 8.67. The zero-order chi connectivity index (χ0) is 15.3. The average Bonchev–Trinajstić information content (AvgIpc) is 2.40. The van der Waals surface area contributed by atoms with Gasteiger partial charge in [-0.25, -0.2) is 0 Å². The van der Waals surface area contributed by atoms with Crippen LogP contribution in [-0.2, 0) is 0 Å². The average molecular weight is 289 g/mol. The first-order valence-electron chi connectivity index (χ1n) is 8.50. The van der Waals surface area contributed by atoms with Crippen LogP contribution in [-0.4, -0.2) is 18.7 Å². The summed E-state index contributed by atoms with van der Waals surface area (Å²) in [6.07, 6.45) is 4.81. The van der Waals surface area contributed by atoms with Gasteiger partial charge in [0.1, 0.15) is 11.4 Å². The van der Waals surface area contributed by atoms with Crippen molar-refractivity contribution in [2.75, 3.05) is 13.1 Å². The van der Waals surface area contributed by atoms with Crippen LogP contribution in [0.3, 0.4) is 0 Å². The molecule has 0 atom stereocenters. The maximum absolute atomic E-state index is 6.34. The standard InChI is InChI=1S/C19H31NO/c1-15(2)14-20-13-12-19(10-5-11-19)21-18-8-6-17(7-9-18)16(3)4/h6-9,15-16,20H,5,10-14H2,1-4H3. The molecular formula is C19H31NO. The zero-order valence-corrected chi connectivity index (χ0v) is 14.1. The monoisotopic (exact) mass is 289 g/mol. The molecule has 0 amide bonds. The van der Waals surface area contributed by atoms with Crippen molar-refractivity contribution in [2.24, 2.45) is 5.92 Å². The van der Waals surface area contributed by atoms with E-state index in [0.29, 0.717) is 11.8 Å². The Morgan fingerprint density at radius 3 is 2.24 bits per heavy atom. The second-order valence-electron chi connectivity index (χ2n) is 7.21. The van der Waals surface area contributed by atoms with Gasteiger partial charge >= 0.3 is 0 Å². The lowest BCUT2D eigenvalue weighted by molar-refractivity contribution is -0.0143. The molecule has 2 heteroatoms. The number of nitrogens with one attached hydrogen (secondary N) is 1. The fourth-order valence-electron chi connectivity index (χ4n) is 2.85. The summed E-state index contributed by atoms with van der Waals surface area (Å²) in [5.41, 5.74) is 1.46. The van der Waals surface area contributed by atoms with Crippen molar-refractivity contribution in [3.05, 3.63) is 29.8 Å². The molecule has 0 heterocycles. The predicted octanol–water partition coefficient (Wildman–Crippen LogP) is 4.75. The van der Waals surface area contributed by atoms with E-state index >= 15 is 0 Å². The summed E-state index contributed by atoms with van der Waals surface area (Å²) in [5.74, 6) is 2.33. The quantitative estimate of drug-likeness (QED) is 0.697. The third-order valence-corrected chi connectivity index (χ3v) is 4.46. The molecule has 1 aliphatic rings. The van der Waals surface area contributed by atoms with Gasteiger partial charge in [0, 0.05) is 0 Å². The number of hydrogen-bond acceptors (Lipinski definition) is 2. The van der Waals surface area contributed by atoms with E-state index in [4.69, 9.17) is 4.74 Å². The lowest BCUT2D eigenvalue weighted by atomic mass is 9.77. The third kappa shape index (κ3) is 4.74.